The van der Waals surface area contributed by atoms with Crippen molar-refractivity contribution in [2.45, 2.75) is 32.2 Å². The summed E-state index contributed by atoms with van der Waals surface area (Å²) in [5.41, 5.74) is 2.60. The second-order valence-electron chi connectivity index (χ2n) is 5.59. The van der Waals surface area contributed by atoms with Crippen LogP contribution in [0.5, 0.6) is 0 Å². The number of likely N-dealkylation sites (tertiary alicyclic amines) is 1. The van der Waals surface area contributed by atoms with Crippen LogP contribution in [0, 0.1) is 0 Å². The molecule has 1 aromatic carbocycles. The Morgan fingerprint density at radius 1 is 1.11 bits per heavy atom. The lowest BCUT2D eigenvalue weighted by Gasteiger charge is -2.19. The molecular formula is C16H21ClN2. The lowest BCUT2D eigenvalue weighted by molar-refractivity contribution is 0.278. The zero-order chi connectivity index (χ0) is 13.2. The summed E-state index contributed by atoms with van der Waals surface area (Å²) in [5.74, 6) is 0. The first kappa shape index (κ1) is 13.0. The van der Waals surface area contributed by atoms with Crippen LogP contribution in [0.2, 0.25) is 5.02 Å². The summed E-state index contributed by atoms with van der Waals surface area (Å²) in [6.45, 7) is 3.47. The van der Waals surface area contributed by atoms with Gasteiger partial charge in [0.2, 0.25) is 0 Å². The van der Waals surface area contributed by atoms with Gasteiger partial charge in [0.1, 0.15) is 0 Å². The Balaban J connectivity index is 1.92. The minimum absolute atomic E-state index is 0.878. The molecule has 0 spiro atoms. The molecule has 0 amide bonds. The van der Waals surface area contributed by atoms with E-state index in [0.29, 0.717) is 0 Å². The van der Waals surface area contributed by atoms with Gasteiger partial charge in [0.05, 0.1) is 5.02 Å². The molecular weight excluding hydrogens is 256 g/mol. The molecule has 0 aliphatic carbocycles. The van der Waals surface area contributed by atoms with Gasteiger partial charge in [0.25, 0.3) is 0 Å². The SMILES string of the molecule is Cn1cc(CN2CCCCCC2)c2c(Cl)cccc21. The number of hydrogen-bond acceptors (Lipinski definition) is 1. The number of benzene rings is 1. The fourth-order valence-corrected chi connectivity index (χ4v) is 3.44. The molecule has 102 valence electrons. The van der Waals surface area contributed by atoms with E-state index in [-0.39, 0.29) is 0 Å². The minimum Gasteiger partial charge on any atom is -0.350 e. The molecule has 0 unspecified atom stereocenters. The van der Waals surface area contributed by atoms with Crippen LogP contribution in [-0.4, -0.2) is 22.6 Å². The molecule has 0 radical (unpaired) electrons. The van der Waals surface area contributed by atoms with E-state index in [0.717, 1.165) is 11.6 Å². The number of hydrogen-bond donors (Lipinski definition) is 0. The summed E-state index contributed by atoms with van der Waals surface area (Å²) >= 11 is 6.39. The number of rotatable bonds is 2. The first-order valence-corrected chi connectivity index (χ1v) is 7.58. The molecule has 0 saturated carbocycles. The van der Waals surface area contributed by atoms with Crippen LogP contribution < -0.4 is 0 Å². The third-order valence-corrected chi connectivity index (χ3v) is 4.45. The van der Waals surface area contributed by atoms with Crippen LogP contribution >= 0.6 is 11.6 Å². The smallest absolute Gasteiger partial charge is 0.0503 e. The molecule has 0 atom stereocenters. The highest BCUT2D eigenvalue weighted by Crippen LogP contribution is 2.29. The molecule has 1 saturated heterocycles. The highest BCUT2D eigenvalue weighted by Gasteiger charge is 2.14. The molecule has 2 nitrogen and oxygen atoms in total. The summed E-state index contributed by atoms with van der Waals surface area (Å²) in [5, 5.41) is 2.11. The van der Waals surface area contributed by atoms with E-state index in [4.69, 9.17) is 11.6 Å². The summed E-state index contributed by atoms with van der Waals surface area (Å²) in [4.78, 5) is 2.57. The normalized spacial score (nSPS) is 17.8. The van der Waals surface area contributed by atoms with Crippen LogP contribution in [0.1, 0.15) is 31.2 Å². The average molecular weight is 277 g/mol. The van der Waals surface area contributed by atoms with E-state index in [9.17, 15) is 0 Å². The monoisotopic (exact) mass is 276 g/mol. The van der Waals surface area contributed by atoms with E-state index < -0.39 is 0 Å². The van der Waals surface area contributed by atoms with Crippen LogP contribution in [0.25, 0.3) is 10.9 Å². The van der Waals surface area contributed by atoms with Gasteiger partial charge in [0.15, 0.2) is 0 Å². The fraction of sp³-hybridized carbons (Fsp3) is 0.500. The quantitative estimate of drug-likeness (QED) is 0.798. The summed E-state index contributed by atoms with van der Waals surface area (Å²) in [7, 11) is 2.10. The Bertz CT molecular complexity index is 565. The van der Waals surface area contributed by atoms with E-state index in [1.54, 1.807) is 0 Å². The van der Waals surface area contributed by atoms with Crippen molar-refractivity contribution in [1.82, 2.24) is 9.47 Å². The molecule has 0 N–H and O–H groups in total. The Labute approximate surface area is 120 Å². The number of nitrogens with zero attached hydrogens (tertiary/aromatic N) is 2. The topological polar surface area (TPSA) is 8.17 Å². The van der Waals surface area contributed by atoms with Crippen molar-refractivity contribution in [3.8, 4) is 0 Å². The zero-order valence-electron chi connectivity index (χ0n) is 11.5. The predicted octanol–water partition coefficient (Wildman–Crippen LogP) is 4.21. The third kappa shape index (κ3) is 2.65. The molecule has 19 heavy (non-hydrogen) atoms. The van der Waals surface area contributed by atoms with Crippen LogP contribution in [0.4, 0.5) is 0 Å². The maximum absolute atomic E-state index is 6.39. The lowest BCUT2D eigenvalue weighted by Crippen LogP contribution is -2.23. The first-order valence-electron chi connectivity index (χ1n) is 7.20. The van der Waals surface area contributed by atoms with E-state index >= 15 is 0 Å². The van der Waals surface area contributed by atoms with Gasteiger partial charge in [-0.2, -0.15) is 0 Å². The highest BCUT2D eigenvalue weighted by molar-refractivity contribution is 6.35. The Morgan fingerprint density at radius 2 is 1.84 bits per heavy atom. The van der Waals surface area contributed by atoms with Crippen LogP contribution in [0.15, 0.2) is 24.4 Å². The van der Waals surface area contributed by atoms with Gasteiger partial charge in [-0.1, -0.05) is 30.5 Å². The van der Waals surface area contributed by atoms with Gasteiger partial charge >= 0.3 is 0 Å². The Kier molecular flexibility index (Phi) is 3.81. The molecule has 3 heteroatoms. The van der Waals surface area contributed by atoms with Gasteiger partial charge in [-0.05, 0) is 43.6 Å². The van der Waals surface area contributed by atoms with E-state index in [1.807, 2.05) is 12.1 Å². The van der Waals surface area contributed by atoms with Gasteiger partial charge in [-0.25, -0.2) is 0 Å². The van der Waals surface area contributed by atoms with Crippen molar-refractivity contribution in [2.75, 3.05) is 13.1 Å². The maximum atomic E-state index is 6.39. The summed E-state index contributed by atoms with van der Waals surface area (Å²) < 4.78 is 2.19. The molecule has 3 rings (SSSR count). The van der Waals surface area contributed by atoms with Crippen molar-refractivity contribution in [3.05, 3.63) is 35.0 Å². The molecule has 0 bridgehead atoms. The second-order valence-corrected chi connectivity index (χ2v) is 6.00. The lowest BCUT2D eigenvalue weighted by atomic mass is 10.1. The van der Waals surface area contributed by atoms with Crippen molar-refractivity contribution >= 4 is 22.5 Å². The van der Waals surface area contributed by atoms with Gasteiger partial charge in [-0.15, -0.1) is 0 Å². The standard InChI is InChI=1S/C16H21ClN2/c1-18-11-13(12-19-9-4-2-3-5-10-19)16-14(17)7-6-8-15(16)18/h6-8,11H,2-5,9-10,12H2,1H3. The van der Waals surface area contributed by atoms with Crippen LogP contribution in [0.3, 0.4) is 0 Å². The maximum Gasteiger partial charge on any atom is 0.0503 e. The van der Waals surface area contributed by atoms with Crippen molar-refractivity contribution < 1.29 is 0 Å². The summed E-state index contributed by atoms with van der Waals surface area (Å²) in [6, 6.07) is 6.17. The van der Waals surface area contributed by atoms with Gasteiger partial charge in [0, 0.05) is 30.7 Å². The van der Waals surface area contributed by atoms with Gasteiger partial charge < -0.3 is 4.57 Å². The Hall–Kier alpha value is -0.990. The third-order valence-electron chi connectivity index (χ3n) is 4.13. The second kappa shape index (κ2) is 5.56. The number of fused-ring (bicyclic) bond motifs is 1. The summed E-state index contributed by atoms with van der Waals surface area (Å²) in [6.07, 6.45) is 7.66. The van der Waals surface area contributed by atoms with E-state index in [2.05, 4.69) is 28.8 Å². The van der Waals surface area contributed by atoms with E-state index in [1.165, 1.54) is 55.2 Å². The highest BCUT2D eigenvalue weighted by atomic mass is 35.5. The Morgan fingerprint density at radius 3 is 2.58 bits per heavy atom. The molecule has 1 aromatic heterocycles. The number of aryl methyl sites for hydroxylation is 1. The number of halogens is 1. The molecule has 1 aliphatic rings. The van der Waals surface area contributed by atoms with Crippen molar-refractivity contribution in [2.24, 2.45) is 7.05 Å². The number of aromatic nitrogens is 1. The first-order chi connectivity index (χ1) is 9.25. The molecule has 1 fully saturated rings. The molecule has 1 aliphatic heterocycles. The van der Waals surface area contributed by atoms with Crippen molar-refractivity contribution in [3.63, 3.8) is 0 Å². The predicted molar refractivity (Wildman–Crippen MR) is 81.7 cm³/mol. The fourth-order valence-electron chi connectivity index (χ4n) is 3.15. The van der Waals surface area contributed by atoms with Gasteiger partial charge in [-0.3, -0.25) is 4.90 Å². The zero-order valence-corrected chi connectivity index (χ0v) is 12.3. The van der Waals surface area contributed by atoms with Crippen LogP contribution in [-0.2, 0) is 13.6 Å². The van der Waals surface area contributed by atoms with Crippen molar-refractivity contribution in [1.29, 1.82) is 0 Å². The molecule has 2 heterocycles. The average Bonchev–Trinajstić information content (AvgIpc) is 2.59. The molecule has 2 aromatic rings. The minimum atomic E-state index is 0.878. The largest absolute Gasteiger partial charge is 0.350 e.